The van der Waals surface area contributed by atoms with Gasteiger partial charge in [-0.2, -0.15) is 0 Å². The quantitative estimate of drug-likeness (QED) is 0.434. The molecule has 0 aromatic heterocycles. The molecule has 5 aliphatic rings. The number of hydrogen-bond acceptors (Lipinski definition) is 2. The Hall–Kier alpha value is -1.14. The first-order valence-corrected chi connectivity index (χ1v) is 14.1. The first kappa shape index (κ1) is 24.5. The lowest BCUT2D eigenvalue weighted by atomic mass is 9.33. The maximum atomic E-state index is 13.2. The van der Waals surface area contributed by atoms with Gasteiger partial charge in [0.1, 0.15) is 0 Å². The predicted molar refractivity (Wildman–Crippen MR) is 137 cm³/mol. The van der Waals surface area contributed by atoms with E-state index in [0.29, 0.717) is 41.9 Å². The van der Waals surface area contributed by atoms with Gasteiger partial charge in [-0.15, -0.1) is 0 Å². The van der Waals surface area contributed by atoms with E-state index in [0.717, 1.165) is 12.3 Å². The van der Waals surface area contributed by atoms with Crippen LogP contribution in [0.5, 0.6) is 0 Å². The Labute approximate surface area is 208 Å². The molecule has 0 heterocycles. The van der Waals surface area contributed by atoms with Crippen molar-refractivity contribution in [2.24, 2.45) is 62.6 Å². The maximum Gasteiger partial charge on any atom is 0.226 e. The van der Waals surface area contributed by atoms with Crippen molar-refractivity contribution < 1.29 is 9.90 Å². The summed E-state index contributed by atoms with van der Waals surface area (Å²) in [6, 6.07) is 0. The van der Waals surface area contributed by atoms with Crippen LogP contribution >= 0.6 is 0 Å². The van der Waals surface area contributed by atoms with Crippen molar-refractivity contribution in [1.82, 2.24) is 0 Å². The monoisotopic (exact) mass is 465 g/mol. The van der Waals surface area contributed by atoms with Crippen molar-refractivity contribution in [3.63, 3.8) is 0 Å². The molecule has 3 heteroatoms. The molecule has 0 radical (unpaired) electrons. The van der Waals surface area contributed by atoms with Crippen LogP contribution in [-0.2, 0) is 4.79 Å². The summed E-state index contributed by atoms with van der Waals surface area (Å²) >= 11 is 0. The topological polar surface area (TPSA) is 41.7 Å². The Bertz CT molecular complexity index is 957. The first-order chi connectivity index (χ1) is 15.8. The highest BCUT2D eigenvalue weighted by Gasteiger charge is 2.70. The number of nitrogens with zero attached hydrogens (tertiary/aromatic N) is 1. The summed E-state index contributed by atoms with van der Waals surface area (Å²) in [4.78, 5) is 16.9. The molecular weight excluding hydrogens is 418 g/mol. The second-order valence-electron chi connectivity index (χ2n) is 14.7. The fourth-order valence-corrected chi connectivity index (χ4v) is 11.4. The zero-order chi connectivity index (χ0) is 24.9. The van der Waals surface area contributed by atoms with Crippen molar-refractivity contribution in [2.45, 2.75) is 99.8 Å². The molecule has 0 bridgehead atoms. The average Bonchev–Trinajstić information content (AvgIpc) is 3.17. The summed E-state index contributed by atoms with van der Waals surface area (Å²) in [5.74, 6) is 3.59. The Balaban J connectivity index is 1.60. The van der Waals surface area contributed by atoms with Crippen LogP contribution in [0.4, 0.5) is 0 Å². The molecule has 1 N–H and O–H groups in total. The summed E-state index contributed by atoms with van der Waals surface area (Å²) in [5.41, 5.74) is 0.417. The smallest absolute Gasteiger partial charge is 0.226 e. The number of allylic oxidation sites excluding steroid dienone is 2. The highest BCUT2D eigenvalue weighted by molar-refractivity contribution is 6.02. The van der Waals surface area contributed by atoms with E-state index in [2.05, 4.69) is 59.4 Å². The number of fused-ring (bicyclic) bond motifs is 7. The zero-order valence-corrected chi connectivity index (χ0v) is 22.7. The third-order valence-corrected chi connectivity index (χ3v) is 13.3. The highest BCUT2D eigenvalue weighted by Crippen LogP contribution is 2.77. The lowest BCUT2D eigenvalue weighted by Crippen LogP contribution is -2.66. The molecule has 3 nitrogen and oxygen atoms in total. The number of carbonyl (C=O) groups excluding carboxylic acids is 1. The highest BCUT2D eigenvalue weighted by atomic mass is 16.3. The van der Waals surface area contributed by atoms with Gasteiger partial charge in [0, 0.05) is 12.0 Å². The van der Waals surface area contributed by atoms with Crippen LogP contribution in [0.3, 0.4) is 0 Å². The van der Waals surface area contributed by atoms with Gasteiger partial charge >= 0.3 is 0 Å². The molecular formula is C31H47NO2. The summed E-state index contributed by atoms with van der Waals surface area (Å²) in [5, 5.41) is 10.7. The van der Waals surface area contributed by atoms with E-state index in [9.17, 15) is 9.90 Å². The molecule has 0 aliphatic heterocycles. The van der Waals surface area contributed by atoms with Gasteiger partial charge in [-0.3, -0.25) is 0 Å². The Morgan fingerprint density at radius 2 is 1.68 bits per heavy atom. The van der Waals surface area contributed by atoms with E-state index in [-0.39, 0.29) is 27.4 Å². The number of Topliss-reactive ketones (excluding diaryl/α,β-unsaturated/α-hetero) is 1. The van der Waals surface area contributed by atoms with Gasteiger partial charge in [0.2, 0.25) is 5.70 Å². The van der Waals surface area contributed by atoms with Gasteiger partial charge in [-0.1, -0.05) is 54.5 Å². The number of hydrogen-bond donors (Lipinski definition) is 1. The molecule has 188 valence electrons. The van der Waals surface area contributed by atoms with Crippen LogP contribution in [0.25, 0.3) is 4.85 Å². The van der Waals surface area contributed by atoms with Gasteiger partial charge in [0.25, 0.3) is 0 Å². The first-order valence-electron chi connectivity index (χ1n) is 14.1. The van der Waals surface area contributed by atoms with Gasteiger partial charge in [0.05, 0.1) is 6.57 Å². The summed E-state index contributed by atoms with van der Waals surface area (Å²) < 4.78 is 0. The molecule has 0 unspecified atom stereocenters. The van der Waals surface area contributed by atoms with Crippen LogP contribution in [0, 0.1) is 69.2 Å². The molecule has 0 aromatic carbocycles. The van der Waals surface area contributed by atoms with Crippen LogP contribution in [0.1, 0.15) is 99.8 Å². The Morgan fingerprint density at radius 1 is 0.971 bits per heavy atom. The lowest BCUT2D eigenvalue weighted by molar-refractivity contribution is -0.224. The Morgan fingerprint density at radius 3 is 2.29 bits per heavy atom. The molecule has 0 aromatic rings. The van der Waals surface area contributed by atoms with Crippen LogP contribution in [0.2, 0.25) is 0 Å². The minimum absolute atomic E-state index is 0.0598. The van der Waals surface area contributed by atoms with Crippen LogP contribution in [-0.4, -0.2) is 17.5 Å². The zero-order valence-electron chi connectivity index (χ0n) is 22.7. The lowest BCUT2D eigenvalue weighted by Gasteiger charge is -2.72. The van der Waals surface area contributed by atoms with Crippen molar-refractivity contribution in [3.8, 4) is 0 Å². The minimum Gasteiger partial charge on any atom is -0.396 e. The molecule has 4 fully saturated rings. The molecule has 5 aliphatic carbocycles. The molecule has 9 atom stereocenters. The maximum absolute atomic E-state index is 13.2. The SMILES string of the molecule is [C-]#[N+]C1=C[C@]2(C)[C@H]3CC[C@@H]4[C@H]5[C@H](C(C)C)CC[C@]5(CO)CC[C@@]4(C)[C@]3(C)CC[C@H]2C(C)(C)C1=O. The number of rotatable bonds is 2. The Kier molecular flexibility index (Phi) is 5.37. The average molecular weight is 466 g/mol. The molecule has 4 saturated carbocycles. The number of aliphatic hydroxyl groups is 1. The van der Waals surface area contributed by atoms with Gasteiger partial charge in [-0.25, -0.2) is 4.85 Å². The fraction of sp³-hybridized carbons (Fsp3) is 0.871. The number of ketones is 1. The van der Waals surface area contributed by atoms with Crippen molar-refractivity contribution in [2.75, 3.05) is 6.61 Å². The normalized spacial score (nSPS) is 51.6. The molecule has 0 amide bonds. The van der Waals surface area contributed by atoms with Gasteiger partial charge < -0.3 is 9.90 Å². The van der Waals surface area contributed by atoms with E-state index in [1.54, 1.807) is 0 Å². The van der Waals surface area contributed by atoms with Crippen molar-refractivity contribution in [1.29, 1.82) is 0 Å². The number of aliphatic hydroxyl groups excluding tert-OH is 1. The van der Waals surface area contributed by atoms with Crippen LogP contribution < -0.4 is 0 Å². The summed E-state index contributed by atoms with van der Waals surface area (Å²) in [6.07, 6.45) is 11.7. The summed E-state index contributed by atoms with van der Waals surface area (Å²) in [6.45, 7) is 24.7. The third-order valence-electron chi connectivity index (χ3n) is 13.3. The second-order valence-corrected chi connectivity index (χ2v) is 14.7. The van der Waals surface area contributed by atoms with Crippen molar-refractivity contribution in [3.05, 3.63) is 23.2 Å². The van der Waals surface area contributed by atoms with E-state index in [4.69, 9.17) is 6.57 Å². The predicted octanol–water partition coefficient (Wildman–Crippen LogP) is 7.31. The van der Waals surface area contributed by atoms with Crippen LogP contribution in [0.15, 0.2) is 11.8 Å². The van der Waals surface area contributed by atoms with Gasteiger partial charge in [-0.05, 0) is 109 Å². The fourth-order valence-electron chi connectivity index (χ4n) is 11.4. The van der Waals surface area contributed by atoms with E-state index < -0.39 is 5.41 Å². The third kappa shape index (κ3) is 2.76. The van der Waals surface area contributed by atoms with E-state index in [1.165, 1.54) is 44.9 Å². The standard InChI is InChI=1S/C31H47NO2/c1-19(2)20-11-14-31(18-33)16-15-29(6)21(25(20)31)9-10-24-28(5)17-22(32-8)26(34)27(3,4)23(28)12-13-30(24,29)7/h17,19-21,23-25,33H,9-16,18H2,1-7H3/t20-,21+,23-,24+,25+,28-,29+,30+,31+/m0/s1. The molecule has 0 saturated heterocycles. The van der Waals surface area contributed by atoms with E-state index in [1.807, 2.05) is 0 Å². The second kappa shape index (κ2) is 7.44. The molecule has 0 spiro atoms. The molecule has 5 rings (SSSR count). The van der Waals surface area contributed by atoms with Crippen molar-refractivity contribution >= 4 is 5.78 Å². The summed E-state index contributed by atoms with van der Waals surface area (Å²) in [7, 11) is 0. The number of carbonyl (C=O) groups is 1. The van der Waals surface area contributed by atoms with E-state index >= 15 is 0 Å². The molecule has 34 heavy (non-hydrogen) atoms. The minimum atomic E-state index is -0.463. The largest absolute Gasteiger partial charge is 0.396 e. The van der Waals surface area contributed by atoms with Gasteiger partial charge in [0.15, 0.2) is 5.78 Å².